The van der Waals surface area contributed by atoms with Crippen LogP contribution in [0.3, 0.4) is 0 Å². The number of para-hydroxylation sites is 2. The molecule has 2 unspecified atom stereocenters. The molecule has 0 spiro atoms. The number of fused-ring (bicyclic) bond motifs is 1. The highest BCUT2D eigenvalue weighted by Crippen LogP contribution is 2.26. The highest BCUT2D eigenvalue weighted by atomic mass is 16.5. The van der Waals surface area contributed by atoms with Crippen molar-refractivity contribution in [3.05, 3.63) is 24.3 Å². The highest BCUT2D eigenvalue weighted by Gasteiger charge is 2.28. The van der Waals surface area contributed by atoms with Gasteiger partial charge in [-0.3, -0.25) is 0 Å². The van der Waals surface area contributed by atoms with Gasteiger partial charge in [0.25, 0.3) is 6.01 Å². The highest BCUT2D eigenvalue weighted by molar-refractivity contribution is 5.74. The van der Waals surface area contributed by atoms with Crippen molar-refractivity contribution in [3.63, 3.8) is 0 Å². The van der Waals surface area contributed by atoms with Crippen molar-refractivity contribution in [3.8, 4) is 0 Å². The Bertz CT molecular complexity index is 476. The summed E-state index contributed by atoms with van der Waals surface area (Å²) < 4.78 is 11.1. The average molecular weight is 232 g/mol. The van der Waals surface area contributed by atoms with Crippen molar-refractivity contribution >= 4 is 17.1 Å². The third kappa shape index (κ3) is 2.00. The first kappa shape index (κ1) is 10.6. The Balaban J connectivity index is 1.80. The Morgan fingerprint density at radius 2 is 2.24 bits per heavy atom. The largest absolute Gasteiger partial charge is 0.424 e. The van der Waals surface area contributed by atoms with E-state index in [1.165, 1.54) is 6.42 Å². The summed E-state index contributed by atoms with van der Waals surface area (Å²) in [6.07, 6.45) is 3.67. The molecule has 0 amide bonds. The van der Waals surface area contributed by atoms with Crippen LogP contribution in [0, 0.1) is 0 Å². The Morgan fingerprint density at radius 3 is 3.06 bits per heavy atom. The molecular formula is C13H16N2O2. The van der Waals surface area contributed by atoms with Gasteiger partial charge in [-0.05, 0) is 31.4 Å². The molecule has 1 N–H and O–H groups in total. The maximum atomic E-state index is 5.65. The maximum Gasteiger partial charge on any atom is 0.295 e. The number of hydrogen-bond donors (Lipinski definition) is 1. The van der Waals surface area contributed by atoms with Crippen molar-refractivity contribution in [2.45, 2.75) is 31.4 Å². The van der Waals surface area contributed by atoms with Crippen LogP contribution in [-0.4, -0.2) is 24.2 Å². The first-order valence-corrected chi connectivity index (χ1v) is 6.02. The molecule has 0 radical (unpaired) electrons. The molecule has 4 nitrogen and oxygen atoms in total. The number of nitrogens with one attached hydrogen (secondary N) is 1. The Hall–Kier alpha value is -1.55. The Labute approximate surface area is 100.0 Å². The fourth-order valence-electron chi connectivity index (χ4n) is 2.47. The van der Waals surface area contributed by atoms with Crippen LogP contribution in [0.5, 0.6) is 0 Å². The summed E-state index contributed by atoms with van der Waals surface area (Å²) in [6.45, 7) is 0. The molecule has 0 bridgehead atoms. The van der Waals surface area contributed by atoms with Crippen LogP contribution in [-0.2, 0) is 4.74 Å². The number of methoxy groups -OCH3 is 1. The molecular weight excluding hydrogens is 216 g/mol. The summed E-state index contributed by atoms with van der Waals surface area (Å²) in [5.41, 5.74) is 1.71. The zero-order valence-electron chi connectivity index (χ0n) is 9.85. The van der Waals surface area contributed by atoms with E-state index < -0.39 is 0 Å². The maximum absolute atomic E-state index is 5.65. The van der Waals surface area contributed by atoms with Gasteiger partial charge in [0, 0.05) is 7.11 Å². The van der Waals surface area contributed by atoms with E-state index in [0.717, 1.165) is 23.9 Å². The van der Waals surface area contributed by atoms with Crippen molar-refractivity contribution in [1.82, 2.24) is 4.98 Å². The minimum absolute atomic E-state index is 0.269. The van der Waals surface area contributed by atoms with Gasteiger partial charge in [-0.2, -0.15) is 4.98 Å². The van der Waals surface area contributed by atoms with E-state index in [1.54, 1.807) is 7.11 Å². The van der Waals surface area contributed by atoms with Crippen LogP contribution in [0.25, 0.3) is 11.1 Å². The van der Waals surface area contributed by atoms with Crippen LogP contribution in [0.4, 0.5) is 6.01 Å². The predicted molar refractivity (Wildman–Crippen MR) is 66.1 cm³/mol. The van der Waals surface area contributed by atoms with Gasteiger partial charge < -0.3 is 14.5 Å². The number of benzene rings is 1. The molecule has 1 saturated carbocycles. The summed E-state index contributed by atoms with van der Waals surface area (Å²) in [4.78, 5) is 4.41. The predicted octanol–water partition coefficient (Wildman–Crippen LogP) is 2.81. The van der Waals surface area contributed by atoms with Crippen LogP contribution in [0.15, 0.2) is 28.7 Å². The molecule has 1 aromatic heterocycles. The summed E-state index contributed by atoms with van der Waals surface area (Å²) >= 11 is 0. The monoisotopic (exact) mass is 232 g/mol. The summed E-state index contributed by atoms with van der Waals surface area (Å²) in [6, 6.07) is 8.70. The quantitative estimate of drug-likeness (QED) is 0.884. The van der Waals surface area contributed by atoms with Gasteiger partial charge >= 0.3 is 0 Å². The number of anilines is 1. The van der Waals surface area contributed by atoms with E-state index in [2.05, 4.69) is 10.3 Å². The smallest absolute Gasteiger partial charge is 0.295 e. The zero-order chi connectivity index (χ0) is 11.7. The number of hydrogen-bond acceptors (Lipinski definition) is 4. The van der Waals surface area contributed by atoms with E-state index in [9.17, 15) is 0 Å². The van der Waals surface area contributed by atoms with Crippen LogP contribution in [0.1, 0.15) is 19.3 Å². The topological polar surface area (TPSA) is 47.3 Å². The number of nitrogens with zero attached hydrogens (tertiary/aromatic N) is 1. The van der Waals surface area contributed by atoms with Crippen LogP contribution in [0.2, 0.25) is 0 Å². The van der Waals surface area contributed by atoms with E-state index in [4.69, 9.17) is 9.15 Å². The lowest BCUT2D eigenvalue weighted by atomic mass is 10.2. The lowest BCUT2D eigenvalue weighted by Crippen LogP contribution is -2.29. The minimum Gasteiger partial charge on any atom is -0.424 e. The molecule has 0 saturated heterocycles. The van der Waals surface area contributed by atoms with Gasteiger partial charge in [0.2, 0.25) is 0 Å². The third-order valence-electron chi connectivity index (χ3n) is 3.36. The standard InChI is InChI=1S/C13H16N2O2/c1-16-11-8-4-6-9(11)14-13-15-10-5-2-3-7-12(10)17-13/h2-3,5,7,9,11H,4,6,8H2,1H3,(H,14,15). The van der Waals surface area contributed by atoms with Crippen LogP contribution < -0.4 is 5.32 Å². The molecule has 1 heterocycles. The number of oxazole rings is 1. The molecule has 1 aliphatic carbocycles. The Morgan fingerprint density at radius 1 is 1.35 bits per heavy atom. The fourth-order valence-corrected chi connectivity index (χ4v) is 2.47. The van der Waals surface area contributed by atoms with E-state index in [0.29, 0.717) is 12.1 Å². The number of aromatic nitrogens is 1. The number of rotatable bonds is 3. The lowest BCUT2D eigenvalue weighted by Gasteiger charge is -2.18. The first-order chi connectivity index (χ1) is 8.36. The van der Waals surface area contributed by atoms with Crippen molar-refractivity contribution in [1.29, 1.82) is 0 Å². The Kier molecular flexibility index (Phi) is 2.73. The van der Waals surface area contributed by atoms with Gasteiger partial charge in [-0.25, -0.2) is 0 Å². The normalized spacial score (nSPS) is 24.3. The second kappa shape index (κ2) is 4.37. The molecule has 1 aromatic carbocycles. The second-order valence-electron chi connectivity index (χ2n) is 4.44. The van der Waals surface area contributed by atoms with Gasteiger partial charge in [-0.15, -0.1) is 0 Å². The first-order valence-electron chi connectivity index (χ1n) is 6.02. The molecule has 1 fully saturated rings. The molecule has 0 aliphatic heterocycles. The van der Waals surface area contributed by atoms with E-state index >= 15 is 0 Å². The van der Waals surface area contributed by atoms with Gasteiger partial charge in [-0.1, -0.05) is 12.1 Å². The molecule has 4 heteroatoms. The molecule has 2 atom stereocenters. The van der Waals surface area contributed by atoms with Crippen molar-refractivity contribution in [2.75, 3.05) is 12.4 Å². The van der Waals surface area contributed by atoms with Gasteiger partial charge in [0.05, 0.1) is 12.1 Å². The zero-order valence-corrected chi connectivity index (χ0v) is 9.85. The second-order valence-corrected chi connectivity index (χ2v) is 4.44. The summed E-state index contributed by atoms with van der Waals surface area (Å²) in [5.74, 6) is 0. The molecule has 90 valence electrons. The molecule has 1 aliphatic rings. The third-order valence-corrected chi connectivity index (χ3v) is 3.36. The van der Waals surface area contributed by atoms with E-state index in [-0.39, 0.29) is 6.10 Å². The lowest BCUT2D eigenvalue weighted by molar-refractivity contribution is 0.100. The van der Waals surface area contributed by atoms with Gasteiger partial charge in [0.15, 0.2) is 5.58 Å². The summed E-state index contributed by atoms with van der Waals surface area (Å²) in [5, 5.41) is 3.33. The molecule has 3 rings (SSSR count). The SMILES string of the molecule is COC1CCCC1Nc1nc2ccccc2o1. The molecule has 2 aromatic rings. The summed E-state index contributed by atoms with van der Waals surface area (Å²) in [7, 11) is 1.76. The van der Waals surface area contributed by atoms with Gasteiger partial charge in [0.1, 0.15) is 5.52 Å². The average Bonchev–Trinajstić information content (AvgIpc) is 2.94. The number of ether oxygens (including phenoxy) is 1. The van der Waals surface area contributed by atoms with E-state index in [1.807, 2.05) is 24.3 Å². The van der Waals surface area contributed by atoms with Crippen molar-refractivity contribution < 1.29 is 9.15 Å². The minimum atomic E-state index is 0.269. The van der Waals surface area contributed by atoms with Crippen molar-refractivity contribution in [2.24, 2.45) is 0 Å². The van der Waals surface area contributed by atoms with Crippen LogP contribution >= 0.6 is 0 Å². The fraction of sp³-hybridized carbons (Fsp3) is 0.462. The molecule has 17 heavy (non-hydrogen) atoms.